The topological polar surface area (TPSA) is 94.8 Å². The standard InChI is InChI=1S/C25H25NO6/c1-14(2)13-31-21-11-10-19-15(3)20(25(29)32-23(19)16(21)4)12-22(27)26-18-8-6-17(7-9-18)24(28)30-5/h6-11H,1,12-13H2,2-5H3,(H,26,27). The number of anilines is 1. The Labute approximate surface area is 185 Å². The van der Waals surface area contributed by atoms with E-state index in [2.05, 4.69) is 16.6 Å². The quantitative estimate of drug-likeness (QED) is 0.337. The Morgan fingerprint density at radius 3 is 2.38 bits per heavy atom. The lowest BCUT2D eigenvalue weighted by Crippen LogP contribution is -2.21. The number of aryl methyl sites for hydroxylation is 2. The number of esters is 1. The second kappa shape index (κ2) is 9.51. The Kier molecular flexibility index (Phi) is 6.78. The zero-order valence-corrected chi connectivity index (χ0v) is 18.5. The first-order valence-electron chi connectivity index (χ1n) is 10.0. The molecule has 3 rings (SSSR count). The first-order valence-corrected chi connectivity index (χ1v) is 10.0. The lowest BCUT2D eigenvalue weighted by atomic mass is 10.0. The van der Waals surface area contributed by atoms with Crippen molar-refractivity contribution in [1.29, 1.82) is 0 Å². The summed E-state index contributed by atoms with van der Waals surface area (Å²) < 4.78 is 15.9. The summed E-state index contributed by atoms with van der Waals surface area (Å²) in [6.45, 7) is 9.67. The molecular formula is C25H25NO6. The van der Waals surface area contributed by atoms with Crippen molar-refractivity contribution in [3.8, 4) is 5.75 Å². The van der Waals surface area contributed by atoms with Gasteiger partial charge in [-0.05, 0) is 68.3 Å². The number of nitrogens with one attached hydrogen (secondary N) is 1. The van der Waals surface area contributed by atoms with Crippen LogP contribution in [0.5, 0.6) is 5.75 Å². The maximum absolute atomic E-state index is 12.7. The number of ether oxygens (including phenoxy) is 2. The lowest BCUT2D eigenvalue weighted by Gasteiger charge is -2.13. The zero-order valence-electron chi connectivity index (χ0n) is 18.5. The van der Waals surface area contributed by atoms with E-state index in [1.807, 2.05) is 26.0 Å². The van der Waals surface area contributed by atoms with Crippen molar-refractivity contribution in [2.45, 2.75) is 27.2 Å². The largest absolute Gasteiger partial charge is 0.489 e. The molecule has 0 unspecified atom stereocenters. The van der Waals surface area contributed by atoms with Crippen LogP contribution in [0.3, 0.4) is 0 Å². The Morgan fingerprint density at radius 2 is 1.75 bits per heavy atom. The van der Waals surface area contributed by atoms with Crippen molar-refractivity contribution in [3.05, 3.63) is 81.2 Å². The van der Waals surface area contributed by atoms with E-state index in [1.54, 1.807) is 31.2 Å². The molecule has 0 saturated carbocycles. The van der Waals surface area contributed by atoms with Gasteiger partial charge < -0.3 is 19.2 Å². The monoisotopic (exact) mass is 435 g/mol. The molecule has 32 heavy (non-hydrogen) atoms. The van der Waals surface area contributed by atoms with E-state index in [1.165, 1.54) is 7.11 Å². The normalized spacial score (nSPS) is 10.6. The number of amides is 1. The molecule has 0 aliphatic heterocycles. The summed E-state index contributed by atoms with van der Waals surface area (Å²) >= 11 is 0. The van der Waals surface area contributed by atoms with E-state index in [-0.39, 0.29) is 17.9 Å². The Morgan fingerprint density at radius 1 is 1.06 bits per heavy atom. The summed E-state index contributed by atoms with van der Waals surface area (Å²) in [5.41, 5.74) is 3.31. The molecule has 1 aromatic heterocycles. The van der Waals surface area contributed by atoms with Crippen molar-refractivity contribution in [1.82, 2.24) is 0 Å². The lowest BCUT2D eigenvalue weighted by molar-refractivity contribution is -0.115. The van der Waals surface area contributed by atoms with Crippen LogP contribution in [0.4, 0.5) is 5.69 Å². The summed E-state index contributed by atoms with van der Waals surface area (Å²) in [5, 5.41) is 3.47. The van der Waals surface area contributed by atoms with Crippen LogP contribution in [0.2, 0.25) is 0 Å². The van der Waals surface area contributed by atoms with Gasteiger partial charge in [0.1, 0.15) is 17.9 Å². The van der Waals surface area contributed by atoms with Crippen molar-refractivity contribution < 1.29 is 23.5 Å². The molecule has 1 heterocycles. The van der Waals surface area contributed by atoms with E-state index < -0.39 is 11.6 Å². The molecule has 3 aromatic rings. The molecule has 0 aliphatic rings. The molecule has 166 valence electrons. The fourth-order valence-corrected chi connectivity index (χ4v) is 3.31. The van der Waals surface area contributed by atoms with Gasteiger partial charge in [0.15, 0.2) is 0 Å². The predicted molar refractivity (Wildman–Crippen MR) is 122 cm³/mol. The van der Waals surface area contributed by atoms with Crippen LogP contribution < -0.4 is 15.7 Å². The molecule has 1 amide bonds. The van der Waals surface area contributed by atoms with Gasteiger partial charge in [-0.1, -0.05) is 6.58 Å². The predicted octanol–water partition coefficient (Wildman–Crippen LogP) is 4.33. The van der Waals surface area contributed by atoms with Gasteiger partial charge in [0.2, 0.25) is 5.91 Å². The van der Waals surface area contributed by atoms with E-state index in [0.717, 1.165) is 11.0 Å². The van der Waals surface area contributed by atoms with E-state index in [4.69, 9.17) is 9.15 Å². The molecule has 0 bridgehead atoms. The number of benzene rings is 2. The fraction of sp³-hybridized carbons (Fsp3) is 0.240. The van der Waals surface area contributed by atoms with Crippen LogP contribution in [-0.2, 0) is 16.0 Å². The van der Waals surface area contributed by atoms with Gasteiger partial charge in [0.25, 0.3) is 0 Å². The van der Waals surface area contributed by atoms with Crippen LogP contribution in [0.25, 0.3) is 11.0 Å². The fourth-order valence-electron chi connectivity index (χ4n) is 3.31. The molecular weight excluding hydrogens is 410 g/mol. The van der Waals surface area contributed by atoms with Crippen molar-refractivity contribution in [2.75, 3.05) is 19.0 Å². The number of fused-ring (bicyclic) bond motifs is 1. The van der Waals surface area contributed by atoms with Crippen LogP contribution in [-0.4, -0.2) is 25.6 Å². The molecule has 0 spiro atoms. The first kappa shape index (κ1) is 22.8. The van der Waals surface area contributed by atoms with Gasteiger partial charge in [-0.2, -0.15) is 0 Å². The average Bonchev–Trinajstić information content (AvgIpc) is 2.76. The molecule has 0 radical (unpaired) electrons. The molecule has 0 atom stereocenters. The zero-order chi connectivity index (χ0) is 23.4. The van der Waals surface area contributed by atoms with Crippen LogP contribution >= 0.6 is 0 Å². The summed E-state index contributed by atoms with van der Waals surface area (Å²) in [6, 6.07) is 9.92. The van der Waals surface area contributed by atoms with Gasteiger partial charge in [-0.15, -0.1) is 0 Å². The first-order chi connectivity index (χ1) is 15.2. The summed E-state index contributed by atoms with van der Waals surface area (Å²) in [6.07, 6.45) is -0.143. The minimum absolute atomic E-state index is 0.143. The number of methoxy groups -OCH3 is 1. The van der Waals surface area contributed by atoms with Gasteiger partial charge in [-0.25, -0.2) is 9.59 Å². The highest BCUT2D eigenvalue weighted by molar-refractivity contribution is 5.95. The van der Waals surface area contributed by atoms with Crippen LogP contribution in [0.1, 0.15) is 34.0 Å². The SMILES string of the molecule is C=C(C)COc1ccc2c(C)c(CC(=O)Nc3ccc(C(=O)OC)cc3)c(=O)oc2c1C. The highest BCUT2D eigenvalue weighted by atomic mass is 16.5. The third-order valence-electron chi connectivity index (χ3n) is 5.06. The molecule has 2 aromatic carbocycles. The smallest absolute Gasteiger partial charge is 0.340 e. The van der Waals surface area contributed by atoms with Gasteiger partial charge >= 0.3 is 11.6 Å². The molecule has 0 aliphatic carbocycles. The second-order valence-electron chi connectivity index (χ2n) is 7.60. The highest BCUT2D eigenvalue weighted by Crippen LogP contribution is 2.29. The van der Waals surface area contributed by atoms with Gasteiger partial charge in [0.05, 0.1) is 24.7 Å². The Balaban J connectivity index is 1.83. The maximum atomic E-state index is 12.7. The Bertz CT molecular complexity index is 1250. The van der Waals surface area contributed by atoms with Gasteiger partial charge in [-0.3, -0.25) is 4.79 Å². The molecule has 7 nitrogen and oxygen atoms in total. The molecule has 0 saturated heterocycles. The minimum Gasteiger partial charge on any atom is -0.489 e. The summed E-state index contributed by atoms with van der Waals surface area (Å²) in [7, 11) is 1.30. The third-order valence-corrected chi connectivity index (χ3v) is 5.06. The van der Waals surface area contributed by atoms with Crippen molar-refractivity contribution >= 4 is 28.5 Å². The molecule has 0 fully saturated rings. The van der Waals surface area contributed by atoms with E-state index in [9.17, 15) is 14.4 Å². The summed E-state index contributed by atoms with van der Waals surface area (Å²) in [5.74, 6) is -0.219. The number of rotatable bonds is 7. The molecule has 7 heteroatoms. The van der Waals surface area contributed by atoms with Crippen LogP contribution in [0.15, 0.2) is 57.8 Å². The van der Waals surface area contributed by atoms with Gasteiger partial charge in [0, 0.05) is 16.6 Å². The summed E-state index contributed by atoms with van der Waals surface area (Å²) in [4.78, 5) is 36.7. The van der Waals surface area contributed by atoms with Crippen molar-refractivity contribution in [2.24, 2.45) is 0 Å². The van der Waals surface area contributed by atoms with Crippen molar-refractivity contribution in [3.63, 3.8) is 0 Å². The van der Waals surface area contributed by atoms with Crippen LogP contribution in [0, 0.1) is 13.8 Å². The molecule has 1 N–H and O–H groups in total. The number of hydrogen-bond acceptors (Lipinski definition) is 6. The Hall–Kier alpha value is -3.87. The highest BCUT2D eigenvalue weighted by Gasteiger charge is 2.18. The minimum atomic E-state index is -0.564. The number of hydrogen-bond donors (Lipinski definition) is 1. The third kappa shape index (κ3) is 4.88. The maximum Gasteiger partial charge on any atom is 0.340 e. The number of carbonyl (C=O) groups excluding carboxylic acids is 2. The average molecular weight is 435 g/mol. The second-order valence-corrected chi connectivity index (χ2v) is 7.60. The van der Waals surface area contributed by atoms with E-state index >= 15 is 0 Å². The number of carbonyl (C=O) groups is 2. The van der Waals surface area contributed by atoms with E-state index in [0.29, 0.717) is 40.3 Å².